The van der Waals surface area contributed by atoms with Gasteiger partial charge in [0.2, 0.25) is 5.91 Å². The van der Waals surface area contributed by atoms with Crippen LogP contribution in [0.2, 0.25) is 5.02 Å². The highest BCUT2D eigenvalue weighted by Crippen LogP contribution is 2.22. The average Bonchev–Trinajstić information content (AvgIpc) is 2.63. The second-order valence-electron chi connectivity index (χ2n) is 5.91. The first kappa shape index (κ1) is 19.8. The van der Waals surface area contributed by atoms with Crippen LogP contribution in [0.3, 0.4) is 0 Å². The van der Waals surface area contributed by atoms with E-state index in [1.54, 1.807) is 24.3 Å². The van der Waals surface area contributed by atoms with Crippen LogP contribution in [0.15, 0.2) is 42.5 Å². The summed E-state index contributed by atoms with van der Waals surface area (Å²) in [5, 5.41) is 5.91. The normalized spacial score (nSPS) is 10.3. The highest BCUT2D eigenvalue weighted by Gasteiger charge is 2.10. The molecule has 0 spiro atoms. The van der Waals surface area contributed by atoms with Crippen LogP contribution in [0.5, 0.6) is 0 Å². The zero-order chi connectivity index (χ0) is 19.1. The van der Waals surface area contributed by atoms with Crippen LogP contribution in [0.1, 0.15) is 29.8 Å². The number of benzene rings is 2. The summed E-state index contributed by atoms with van der Waals surface area (Å²) in [5.74, 6) is -0.615. The summed E-state index contributed by atoms with van der Waals surface area (Å²) in [6, 6.07) is 12.5. The van der Waals surface area contributed by atoms with Gasteiger partial charge in [-0.15, -0.1) is 0 Å². The van der Waals surface area contributed by atoms with Crippen LogP contribution in [0, 0.1) is 6.92 Å². The Kier molecular flexibility index (Phi) is 7.04. The van der Waals surface area contributed by atoms with Gasteiger partial charge in [-0.3, -0.25) is 9.59 Å². The molecule has 0 saturated carbocycles. The minimum absolute atomic E-state index is 0.109. The summed E-state index contributed by atoms with van der Waals surface area (Å²) in [7, 11) is 0. The highest BCUT2D eigenvalue weighted by atomic mass is 35.5. The Labute approximate surface area is 159 Å². The van der Waals surface area contributed by atoms with E-state index in [2.05, 4.69) is 29.4 Å². The molecule has 0 aromatic heterocycles. The van der Waals surface area contributed by atoms with E-state index in [1.807, 2.05) is 25.1 Å². The van der Waals surface area contributed by atoms with Crippen LogP contribution in [0.25, 0.3) is 0 Å². The first-order valence-corrected chi connectivity index (χ1v) is 9.01. The van der Waals surface area contributed by atoms with Gasteiger partial charge in [0.1, 0.15) is 0 Å². The lowest BCUT2D eigenvalue weighted by Crippen LogP contribution is -2.33. The largest absolute Gasteiger partial charge is 0.372 e. The third-order valence-corrected chi connectivity index (χ3v) is 4.34. The van der Waals surface area contributed by atoms with Gasteiger partial charge in [0.25, 0.3) is 5.91 Å². The quantitative estimate of drug-likeness (QED) is 0.774. The Bertz CT molecular complexity index is 788. The molecule has 0 bridgehead atoms. The number of carbonyl (C=O) groups is 2. The van der Waals surface area contributed by atoms with E-state index in [9.17, 15) is 9.59 Å². The van der Waals surface area contributed by atoms with Crippen molar-refractivity contribution in [3.63, 3.8) is 0 Å². The highest BCUT2D eigenvalue weighted by molar-refractivity contribution is 6.31. The number of halogens is 1. The molecule has 0 unspecified atom stereocenters. The molecule has 0 radical (unpaired) electrons. The topological polar surface area (TPSA) is 61.4 Å². The number of hydrogen-bond donors (Lipinski definition) is 2. The number of carbonyl (C=O) groups excluding carboxylic acids is 2. The van der Waals surface area contributed by atoms with Gasteiger partial charge in [-0.05, 0) is 62.7 Å². The molecule has 0 heterocycles. The molecule has 0 fully saturated rings. The molecule has 6 heteroatoms. The number of nitrogens with one attached hydrogen (secondary N) is 2. The Balaban J connectivity index is 1.94. The number of rotatable bonds is 7. The molecular formula is C20H24ClN3O2. The van der Waals surface area contributed by atoms with Crippen molar-refractivity contribution in [3.05, 3.63) is 58.6 Å². The standard InChI is InChI=1S/C20H24ClN3O2/c1-4-24(5-2)17-9-10-18(14(3)11-17)23-19(25)13-22-20(26)15-7-6-8-16(21)12-15/h6-12H,4-5,13H2,1-3H3,(H,22,26)(H,23,25). The maximum atomic E-state index is 12.1. The van der Waals surface area contributed by atoms with Gasteiger partial charge in [0.05, 0.1) is 6.54 Å². The van der Waals surface area contributed by atoms with Crippen molar-refractivity contribution in [2.24, 2.45) is 0 Å². The van der Waals surface area contributed by atoms with Gasteiger partial charge in [-0.2, -0.15) is 0 Å². The minimum atomic E-state index is -0.337. The van der Waals surface area contributed by atoms with Gasteiger partial charge in [-0.25, -0.2) is 0 Å². The monoisotopic (exact) mass is 373 g/mol. The zero-order valence-electron chi connectivity index (χ0n) is 15.3. The number of nitrogens with zero attached hydrogens (tertiary/aromatic N) is 1. The summed E-state index contributed by atoms with van der Waals surface area (Å²) in [6.45, 7) is 7.92. The Morgan fingerprint density at radius 2 is 1.81 bits per heavy atom. The van der Waals surface area contributed by atoms with Gasteiger partial charge < -0.3 is 15.5 Å². The van der Waals surface area contributed by atoms with Crippen LogP contribution in [0.4, 0.5) is 11.4 Å². The first-order chi connectivity index (χ1) is 12.4. The molecule has 2 N–H and O–H groups in total. The molecule has 5 nitrogen and oxygen atoms in total. The van der Waals surface area contributed by atoms with E-state index in [0.29, 0.717) is 10.6 Å². The van der Waals surface area contributed by atoms with E-state index in [4.69, 9.17) is 11.6 Å². The van der Waals surface area contributed by atoms with Gasteiger partial charge in [0, 0.05) is 35.1 Å². The van der Waals surface area contributed by atoms with Crippen LogP contribution < -0.4 is 15.5 Å². The third kappa shape index (κ3) is 5.23. The van der Waals surface area contributed by atoms with Crippen molar-refractivity contribution in [3.8, 4) is 0 Å². The van der Waals surface area contributed by atoms with Gasteiger partial charge >= 0.3 is 0 Å². The lowest BCUT2D eigenvalue weighted by Gasteiger charge is -2.22. The molecule has 138 valence electrons. The predicted octanol–water partition coefficient (Wildman–Crippen LogP) is 3.86. The van der Waals surface area contributed by atoms with Crippen molar-refractivity contribution in [2.45, 2.75) is 20.8 Å². The second kappa shape index (κ2) is 9.25. The van der Waals surface area contributed by atoms with Crippen LogP contribution in [-0.2, 0) is 4.79 Å². The predicted molar refractivity (Wildman–Crippen MR) is 107 cm³/mol. The number of anilines is 2. The fourth-order valence-corrected chi connectivity index (χ4v) is 2.85. The summed E-state index contributed by atoms with van der Waals surface area (Å²) < 4.78 is 0. The van der Waals surface area contributed by atoms with Crippen molar-refractivity contribution in [1.29, 1.82) is 0 Å². The average molecular weight is 374 g/mol. The minimum Gasteiger partial charge on any atom is -0.372 e. The number of aryl methyl sites for hydroxylation is 1. The van der Waals surface area contributed by atoms with E-state index < -0.39 is 0 Å². The molecule has 2 aromatic rings. The summed E-state index contributed by atoms with van der Waals surface area (Å²) in [4.78, 5) is 26.4. The van der Waals surface area contributed by atoms with Gasteiger partial charge in [0.15, 0.2) is 0 Å². The summed E-state index contributed by atoms with van der Waals surface area (Å²) in [6.07, 6.45) is 0. The second-order valence-corrected chi connectivity index (χ2v) is 6.35. The molecule has 26 heavy (non-hydrogen) atoms. The molecular weight excluding hydrogens is 350 g/mol. The van der Waals surface area contributed by atoms with Crippen molar-refractivity contribution < 1.29 is 9.59 Å². The van der Waals surface area contributed by atoms with Gasteiger partial charge in [-0.1, -0.05) is 17.7 Å². The van der Waals surface area contributed by atoms with E-state index >= 15 is 0 Å². The third-order valence-electron chi connectivity index (χ3n) is 4.11. The number of hydrogen-bond acceptors (Lipinski definition) is 3. The molecule has 2 rings (SSSR count). The fraction of sp³-hybridized carbons (Fsp3) is 0.300. The summed E-state index contributed by atoms with van der Waals surface area (Å²) >= 11 is 5.87. The van der Waals surface area contributed by atoms with E-state index in [0.717, 1.165) is 30.0 Å². The molecule has 2 aromatic carbocycles. The Hall–Kier alpha value is -2.53. The maximum absolute atomic E-state index is 12.1. The molecule has 0 atom stereocenters. The maximum Gasteiger partial charge on any atom is 0.251 e. The van der Waals surface area contributed by atoms with Crippen molar-refractivity contribution in [2.75, 3.05) is 29.9 Å². The van der Waals surface area contributed by atoms with Crippen LogP contribution in [-0.4, -0.2) is 31.4 Å². The smallest absolute Gasteiger partial charge is 0.251 e. The first-order valence-electron chi connectivity index (χ1n) is 8.63. The molecule has 0 aliphatic heterocycles. The van der Waals surface area contributed by atoms with E-state index in [1.165, 1.54) is 0 Å². The van der Waals surface area contributed by atoms with Crippen molar-refractivity contribution in [1.82, 2.24) is 5.32 Å². The zero-order valence-corrected chi connectivity index (χ0v) is 16.1. The molecule has 0 saturated heterocycles. The molecule has 0 aliphatic rings. The Morgan fingerprint density at radius 3 is 2.42 bits per heavy atom. The fourth-order valence-electron chi connectivity index (χ4n) is 2.66. The van der Waals surface area contributed by atoms with Crippen molar-refractivity contribution >= 4 is 34.8 Å². The lowest BCUT2D eigenvalue weighted by molar-refractivity contribution is -0.115. The lowest BCUT2D eigenvalue weighted by atomic mass is 10.1. The molecule has 2 amide bonds. The summed E-state index contributed by atoms with van der Waals surface area (Å²) in [5.41, 5.74) is 3.26. The number of amides is 2. The SMILES string of the molecule is CCN(CC)c1ccc(NC(=O)CNC(=O)c2cccc(Cl)c2)c(C)c1. The Morgan fingerprint density at radius 1 is 1.08 bits per heavy atom. The van der Waals surface area contributed by atoms with E-state index in [-0.39, 0.29) is 18.4 Å². The molecule has 0 aliphatic carbocycles. The van der Waals surface area contributed by atoms with Crippen LogP contribution >= 0.6 is 11.6 Å².